The van der Waals surface area contributed by atoms with Crippen LogP contribution < -0.4 is 5.73 Å². The molecule has 1 aliphatic carbocycles. The number of rotatable bonds is 2. The van der Waals surface area contributed by atoms with Gasteiger partial charge in [0.25, 0.3) is 0 Å². The van der Waals surface area contributed by atoms with Gasteiger partial charge in [-0.1, -0.05) is 19.3 Å². The minimum atomic E-state index is 0.407. The van der Waals surface area contributed by atoms with Gasteiger partial charge < -0.3 is 10.3 Å². The minimum Gasteiger partial charge on any atom is -0.384 e. The molecule has 0 aromatic carbocycles. The molecular formula is C13H23N3. The molecule has 0 unspecified atom stereocenters. The SMILES string of the molecule is Cc1nc(C2CCCCC2)c(N)n1C(C)C. The summed E-state index contributed by atoms with van der Waals surface area (Å²) in [7, 11) is 0. The lowest BCUT2D eigenvalue weighted by molar-refractivity contribution is 0.438. The van der Waals surface area contributed by atoms with Gasteiger partial charge in [0, 0.05) is 12.0 Å². The second-order valence-corrected chi connectivity index (χ2v) is 5.23. The average Bonchev–Trinajstić information content (AvgIpc) is 2.55. The highest BCUT2D eigenvalue weighted by molar-refractivity contribution is 5.41. The van der Waals surface area contributed by atoms with E-state index in [9.17, 15) is 0 Å². The fourth-order valence-electron chi connectivity index (χ4n) is 2.91. The highest BCUT2D eigenvalue weighted by atomic mass is 15.2. The number of aryl methyl sites for hydroxylation is 1. The summed E-state index contributed by atoms with van der Waals surface area (Å²) < 4.78 is 2.16. The summed E-state index contributed by atoms with van der Waals surface area (Å²) in [6, 6.07) is 0.407. The van der Waals surface area contributed by atoms with Crippen LogP contribution in [0.2, 0.25) is 0 Å². The van der Waals surface area contributed by atoms with Crippen LogP contribution in [0, 0.1) is 6.92 Å². The van der Waals surface area contributed by atoms with E-state index < -0.39 is 0 Å². The predicted molar refractivity (Wildman–Crippen MR) is 67.6 cm³/mol. The monoisotopic (exact) mass is 221 g/mol. The molecule has 0 saturated heterocycles. The van der Waals surface area contributed by atoms with Crippen LogP contribution >= 0.6 is 0 Å². The smallest absolute Gasteiger partial charge is 0.127 e. The summed E-state index contributed by atoms with van der Waals surface area (Å²) in [6.45, 7) is 6.38. The third-order valence-corrected chi connectivity index (χ3v) is 3.66. The molecule has 2 N–H and O–H groups in total. The van der Waals surface area contributed by atoms with E-state index in [4.69, 9.17) is 10.7 Å². The number of hydrogen-bond acceptors (Lipinski definition) is 2. The Bertz CT molecular complexity index is 359. The second kappa shape index (κ2) is 4.48. The van der Waals surface area contributed by atoms with Crippen molar-refractivity contribution in [2.24, 2.45) is 0 Å². The summed E-state index contributed by atoms with van der Waals surface area (Å²) in [5.74, 6) is 2.57. The average molecular weight is 221 g/mol. The van der Waals surface area contributed by atoms with Crippen molar-refractivity contribution in [1.29, 1.82) is 0 Å². The summed E-state index contributed by atoms with van der Waals surface area (Å²) >= 11 is 0. The van der Waals surface area contributed by atoms with Crippen molar-refractivity contribution >= 4 is 5.82 Å². The maximum Gasteiger partial charge on any atom is 0.127 e. The van der Waals surface area contributed by atoms with Gasteiger partial charge >= 0.3 is 0 Å². The molecule has 1 aromatic heterocycles. The van der Waals surface area contributed by atoms with Crippen LogP contribution in [0.15, 0.2) is 0 Å². The Morgan fingerprint density at radius 3 is 2.38 bits per heavy atom. The van der Waals surface area contributed by atoms with Crippen LogP contribution in [-0.2, 0) is 0 Å². The molecule has 3 heteroatoms. The first-order chi connectivity index (χ1) is 7.61. The van der Waals surface area contributed by atoms with Crippen molar-refractivity contribution in [1.82, 2.24) is 9.55 Å². The number of hydrogen-bond donors (Lipinski definition) is 1. The van der Waals surface area contributed by atoms with Gasteiger partial charge in [-0.05, 0) is 33.6 Å². The van der Waals surface area contributed by atoms with Crippen LogP contribution in [0.3, 0.4) is 0 Å². The van der Waals surface area contributed by atoms with E-state index in [1.54, 1.807) is 0 Å². The minimum absolute atomic E-state index is 0.407. The van der Waals surface area contributed by atoms with Gasteiger partial charge in [-0.25, -0.2) is 4.98 Å². The van der Waals surface area contributed by atoms with Crippen LogP contribution in [0.5, 0.6) is 0 Å². The summed E-state index contributed by atoms with van der Waals surface area (Å²) in [6.07, 6.45) is 6.56. The number of aromatic nitrogens is 2. The molecule has 0 amide bonds. The lowest BCUT2D eigenvalue weighted by Gasteiger charge is -2.20. The summed E-state index contributed by atoms with van der Waals surface area (Å²) in [5.41, 5.74) is 7.39. The third kappa shape index (κ3) is 1.95. The quantitative estimate of drug-likeness (QED) is 0.831. The molecule has 90 valence electrons. The molecule has 1 saturated carbocycles. The van der Waals surface area contributed by atoms with Crippen LogP contribution in [0.4, 0.5) is 5.82 Å². The molecule has 1 fully saturated rings. The van der Waals surface area contributed by atoms with E-state index >= 15 is 0 Å². The van der Waals surface area contributed by atoms with Gasteiger partial charge in [-0.2, -0.15) is 0 Å². The highest BCUT2D eigenvalue weighted by Gasteiger charge is 2.23. The largest absolute Gasteiger partial charge is 0.384 e. The Morgan fingerprint density at radius 2 is 1.88 bits per heavy atom. The number of nitrogen functional groups attached to an aromatic ring is 1. The Labute approximate surface area is 98.1 Å². The van der Waals surface area contributed by atoms with E-state index in [2.05, 4.69) is 25.3 Å². The second-order valence-electron chi connectivity index (χ2n) is 5.23. The van der Waals surface area contributed by atoms with E-state index in [0.717, 1.165) is 17.3 Å². The Hall–Kier alpha value is -0.990. The number of nitrogens with two attached hydrogens (primary N) is 1. The Kier molecular flexibility index (Phi) is 3.22. The standard InChI is InChI=1S/C13H23N3/c1-9(2)16-10(3)15-12(13(16)14)11-7-5-4-6-8-11/h9,11H,4-8,14H2,1-3H3. The van der Waals surface area contributed by atoms with Gasteiger partial charge in [0.05, 0.1) is 5.69 Å². The number of anilines is 1. The molecular weight excluding hydrogens is 198 g/mol. The van der Waals surface area contributed by atoms with Crippen molar-refractivity contribution in [3.05, 3.63) is 11.5 Å². The van der Waals surface area contributed by atoms with Gasteiger partial charge in [0.15, 0.2) is 0 Å². The van der Waals surface area contributed by atoms with Crippen molar-refractivity contribution in [2.75, 3.05) is 5.73 Å². The lowest BCUT2D eigenvalue weighted by atomic mass is 9.87. The molecule has 1 aromatic rings. The summed E-state index contributed by atoms with van der Waals surface area (Å²) in [5, 5.41) is 0. The van der Waals surface area contributed by atoms with Gasteiger partial charge in [0.2, 0.25) is 0 Å². The van der Waals surface area contributed by atoms with Gasteiger partial charge in [0.1, 0.15) is 11.6 Å². The van der Waals surface area contributed by atoms with E-state index in [1.165, 1.54) is 32.1 Å². The van der Waals surface area contributed by atoms with Gasteiger partial charge in [-0.15, -0.1) is 0 Å². The molecule has 0 bridgehead atoms. The molecule has 2 rings (SSSR count). The molecule has 1 aliphatic rings. The van der Waals surface area contributed by atoms with Crippen molar-refractivity contribution < 1.29 is 0 Å². The first-order valence-electron chi connectivity index (χ1n) is 6.45. The maximum absolute atomic E-state index is 6.24. The van der Waals surface area contributed by atoms with Crippen molar-refractivity contribution in [2.45, 2.75) is 64.8 Å². The molecule has 16 heavy (non-hydrogen) atoms. The molecule has 0 atom stereocenters. The molecule has 0 spiro atoms. The zero-order valence-electron chi connectivity index (χ0n) is 10.7. The fraction of sp³-hybridized carbons (Fsp3) is 0.769. The topological polar surface area (TPSA) is 43.8 Å². The van der Waals surface area contributed by atoms with E-state index in [0.29, 0.717) is 12.0 Å². The number of imidazole rings is 1. The van der Waals surface area contributed by atoms with E-state index in [-0.39, 0.29) is 0 Å². The number of nitrogens with zero attached hydrogens (tertiary/aromatic N) is 2. The maximum atomic E-state index is 6.24. The fourth-order valence-corrected chi connectivity index (χ4v) is 2.91. The normalized spacial score (nSPS) is 18.2. The zero-order chi connectivity index (χ0) is 11.7. The molecule has 1 heterocycles. The molecule has 0 radical (unpaired) electrons. The first kappa shape index (κ1) is 11.5. The van der Waals surface area contributed by atoms with Gasteiger partial charge in [-0.3, -0.25) is 0 Å². The first-order valence-corrected chi connectivity index (χ1v) is 6.45. The van der Waals surface area contributed by atoms with E-state index in [1.807, 2.05) is 0 Å². The van der Waals surface area contributed by atoms with Crippen LogP contribution in [-0.4, -0.2) is 9.55 Å². The third-order valence-electron chi connectivity index (χ3n) is 3.66. The lowest BCUT2D eigenvalue weighted by Crippen LogP contribution is -2.10. The molecule has 0 aliphatic heterocycles. The molecule has 3 nitrogen and oxygen atoms in total. The van der Waals surface area contributed by atoms with Crippen LogP contribution in [0.25, 0.3) is 0 Å². The van der Waals surface area contributed by atoms with Crippen molar-refractivity contribution in [3.8, 4) is 0 Å². The van der Waals surface area contributed by atoms with Crippen molar-refractivity contribution in [3.63, 3.8) is 0 Å². The summed E-state index contributed by atoms with van der Waals surface area (Å²) in [4.78, 5) is 4.69. The van der Waals surface area contributed by atoms with Crippen LogP contribution in [0.1, 0.15) is 69.4 Å². The zero-order valence-corrected chi connectivity index (χ0v) is 10.7. The Morgan fingerprint density at radius 1 is 1.25 bits per heavy atom. The predicted octanol–water partition coefficient (Wildman–Crippen LogP) is 3.40. The highest BCUT2D eigenvalue weighted by Crippen LogP contribution is 2.36. The Balaban J connectivity index is 2.30.